The SMILES string of the molecule is CCOC(=O)C(C)(CC#N)c1c(F)cc(F)cc1F. The predicted octanol–water partition coefficient (Wildman–Crippen LogP) is 2.84. The number of ether oxygens (including phenoxy) is 1. The molecule has 0 saturated heterocycles. The van der Waals surface area contributed by atoms with Gasteiger partial charge in [-0.1, -0.05) is 0 Å². The average Bonchev–Trinajstić information content (AvgIpc) is 2.27. The largest absolute Gasteiger partial charge is 0.465 e. The first kappa shape index (κ1) is 15.0. The smallest absolute Gasteiger partial charge is 0.317 e. The standard InChI is InChI=1S/C13H12F3NO2/c1-3-19-12(18)13(2,4-5-17)11-9(15)6-8(14)7-10(11)16/h6-7H,3-4H2,1-2H3. The minimum absolute atomic E-state index is 0.00425. The Bertz CT molecular complexity index is 516. The number of carbonyl (C=O) groups is 1. The van der Waals surface area contributed by atoms with Gasteiger partial charge in [0.15, 0.2) is 0 Å². The van der Waals surface area contributed by atoms with Crippen molar-refractivity contribution in [3.05, 3.63) is 35.1 Å². The summed E-state index contributed by atoms with van der Waals surface area (Å²) in [7, 11) is 0. The summed E-state index contributed by atoms with van der Waals surface area (Å²) in [6.45, 7) is 2.72. The van der Waals surface area contributed by atoms with Crippen LogP contribution in [0.5, 0.6) is 0 Å². The molecule has 1 rings (SSSR count). The highest BCUT2D eigenvalue weighted by Crippen LogP contribution is 2.33. The molecule has 0 aliphatic heterocycles. The molecule has 0 amide bonds. The van der Waals surface area contributed by atoms with Gasteiger partial charge in [-0.15, -0.1) is 0 Å². The second kappa shape index (κ2) is 5.74. The maximum Gasteiger partial charge on any atom is 0.317 e. The molecule has 102 valence electrons. The van der Waals surface area contributed by atoms with Crippen molar-refractivity contribution < 1.29 is 22.7 Å². The summed E-state index contributed by atoms with van der Waals surface area (Å²) in [5.74, 6) is -4.46. The van der Waals surface area contributed by atoms with Crippen LogP contribution in [0.2, 0.25) is 0 Å². The lowest BCUT2D eigenvalue weighted by molar-refractivity contribution is -0.149. The van der Waals surface area contributed by atoms with Crippen LogP contribution < -0.4 is 0 Å². The van der Waals surface area contributed by atoms with Gasteiger partial charge in [0.25, 0.3) is 0 Å². The lowest BCUT2D eigenvalue weighted by atomic mass is 9.79. The van der Waals surface area contributed by atoms with E-state index >= 15 is 0 Å². The van der Waals surface area contributed by atoms with Gasteiger partial charge in [-0.05, 0) is 13.8 Å². The number of rotatable bonds is 4. The third-order valence-electron chi connectivity index (χ3n) is 2.72. The molecule has 0 radical (unpaired) electrons. The van der Waals surface area contributed by atoms with Crippen LogP contribution in [-0.4, -0.2) is 12.6 Å². The van der Waals surface area contributed by atoms with E-state index in [-0.39, 0.29) is 6.61 Å². The molecular formula is C13H12F3NO2. The molecule has 0 heterocycles. The third-order valence-corrected chi connectivity index (χ3v) is 2.72. The van der Waals surface area contributed by atoms with Gasteiger partial charge in [-0.3, -0.25) is 4.79 Å². The first-order chi connectivity index (χ1) is 8.86. The molecule has 0 saturated carbocycles. The van der Waals surface area contributed by atoms with E-state index in [2.05, 4.69) is 0 Å². The molecular weight excluding hydrogens is 259 g/mol. The average molecular weight is 271 g/mol. The van der Waals surface area contributed by atoms with Crippen LogP contribution in [0, 0.1) is 28.8 Å². The van der Waals surface area contributed by atoms with Crippen LogP contribution in [0.15, 0.2) is 12.1 Å². The van der Waals surface area contributed by atoms with E-state index in [1.54, 1.807) is 6.07 Å². The van der Waals surface area contributed by atoms with Crippen molar-refractivity contribution in [2.24, 2.45) is 0 Å². The summed E-state index contributed by atoms with van der Waals surface area (Å²) in [5.41, 5.74) is -2.47. The summed E-state index contributed by atoms with van der Waals surface area (Å²) in [5, 5.41) is 8.74. The fourth-order valence-corrected chi connectivity index (χ4v) is 1.78. The molecule has 0 spiro atoms. The Balaban J connectivity index is 3.43. The minimum atomic E-state index is -1.81. The van der Waals surface area contributed by atoms with Gasteiger partial charge in [0.1, 0.15) is 22.9 Å². The van der Waals surface area contributed by atoms with E-state index in [9.17, 15) is 18.0 Å². The second-order valence-electron chi connectivity index (χ2n) is 4.13. The Kier molecular flexibility index (Phi) is 4.54. The summed E-state index contributed by atoms with van der Waals surface area (Å²) in [6, 6.07) is 2.62. The van der Waals surface area contributed by atoms with E-state index in [1.807, 2.05) is 0 Å². The van der Waals surface area contributed by atoms with Crippen LogP contribution in [0.25, 0.3) is 0 Å². The van der Waals surface area contributed by atoms with Crippen LogP contribution in [0.1, 0.15) is 25.8 Å². The fraction of sp³-hybridized carbons (Fsp3) is 0.385. The van der Waals surface area contributed by atoms with Gasteiger partial charge >= 0.3 is 5.97 Å². The summed E-state index contributed by atoms with van der Waals surface area (Å²) >= 11 is 0. The Morgan fingerprint density at radius 3 is 2.32 bits per heavy atom. The van der Waals surface area contributed by atoms with Crippen molar-refractivity contribution in [1.82, 2.24) is 0 Å². The van der Waals surface area contributed by atoms with Gasteiger partial charge in [0, 0.05) is 17.7 Å². The van der Waals surface area contributed by atoms with E-state index in [0.29, 0.717) is 12.1 Å². The number of benzene rings is 1. The van der Waals surface area contributed by atoms with Crippen LogP contribution >= 0.6 is 0 Å². The highest BCUT2D eigenvalue weighted by Gasteiger charge is 2.41. The van der Waals surface area contributed by atoms with E-state index < -0.39 is 40.8 Å². The Hall–Kier alpha value is -2.03. The molecule has 0 N–H and O–H groups in total. The number of hydrogen-bond donors (Lipinski definition) is 0. The Morgan fingerprint density at radius 2 is 1.89 bits per heavy atom. The first-order valence-electron chi connectivity index (χ1n) is 5.56. The quantitative estimate of drug-likeness (QED) is 0.791. The fourth-order valence-electron chi connectivity index (χ4n) is 1.78. The molecule has 3 nitrogen and oxygen atoms in total. The van der Waals surface area contributed by atoms with Gasteiger partial charge in [0.2, 0.25) is 0 Å². The van der Waals surface area contributed by atoms with Crippen molar-refractivity contribution in [2.45, 2.75) is 25.7 Å². The molecule has 0 fully saturated rings. The molecule has 19 heavy (non-hydrogen) atoms. The minimum Gasteiger partial charge on any atom is -0.465 e. The summed E-state index contributed by atoms with van der Waals surface area (Å²) < 4.78 is 45.1. The van der Waals surface area contributed by atoms with Gasteiger partial charge < -0.3 is 4.74 Å². The number of carbonyl (C=O) groups excluding carboxylic acids is 1. The highest BCUT2D eigenvalue weighted by atomic mass is 19.1. The topological polar surface area (TPSA) is 50.1 Å². The lowest BCUT2D eigenvalue weighted by Crippen LogP contribution is -2.36. The van der Waals surface area contributed by atoms with Gasteiger partial charge in [-0.2, -0.15) is 5.26 Å². The number of nitrogens with zero attached hydrogens (tertiary/aromatic N) is 1. The van der Waals surface area contributed by atoms with Crippen LogP contribution in [0.4, 0.5) is 13.2 Å². The molecule has 1 unspecified atom stereocenters. The van der Waals surface area contributed by atoms with Crippen molar-refractivity contribution in [3.63, 3.8) is 0 Å². The highest BCUT2D eigenvalue weighted by molar-refractivity contribution is 5.83. The Morgan fingerprint density at radius 1 is 1.37 bits per heavy atom. The predicted molar refractivity (Wildman–Crippen MR) is 60.5 cm³/mol. The molecule has 0 aliphatic carbocycles. The molecule has 6 heteroatoms. The summed E-state index contributed by atoms with van der Waals surface area (Å²) in [6.07, 6.45) is -0.481. The zero-order valence-electron chi connectivity index (χ0n) is 10.5. The molecule has 1 aromatic carbocycles. The third kappa shape index (κ3) is 2.87. The van der Waals surface area contributed by atoms with E-state index in [0.717, 1.165) is 0 Å². The number of hydrogen-bond acceptors (Lipinski definition) is 3. The molecule has 1 aromatic rings. The second-order valence-corrected chi connectivity index (χ2v) is 4.13. The van der Waals surface area contributed by atoms with Crippen molar-refractivity contribution >= 4 is 5.97 Å². The van der Waals surface area contributed by atoms with Crippen molar-refractivity contribution in [3.8, 4) is 6.07 Å². The maximum atomic E-state index is 13.7. The van der Waals surface area contributed by atoms with Crippen molar-refractivity contribution in [2.75, 3.05) is 6.61 Å². The van der Waals surface area contributed by atoms with Gasteiger partial charge in [0.05, 0.1) is 19.1 Å². The van der Waals surface area contributed by atoms with Crippen LogP contribution in [0.3, 0.4) is 0 Å². The summed E-state index contributed by atoms with van der Waals surface area (Å²) in [4.78, 5) is 11.8. The number of esters is 1. The van der Waals surface area contributed by atoms with E-state index in [1.165, 1.54) is 13.8 Å². The molecule has 0 bridgehead atoms. The maximum absolute atomic E-state index is 13.7. The zero-order chi connectivity index (χ0) is 14.6. The molecule has 1 atom stereocenters. The first-order valence-corrected chi connectivity index (χ1v) is 5.56. The Labute approximate surface area is 108 Å². The van der Waals surface area contributed by atoms with E-state index in [4.69, 9.17) is 10.00 Å². The number of halogens is 3. The molecule has 0 aliphatic rings. The normalized spacial score (nSPS) is 13.5. The molecule has 0 aromatic heterocycles. The van der Waals surface area contributed by atoms with Crippen molar-refractivity contribution in [1.29, 1.82) is 5.26 Å². The monoisotopic (exact) mass is 271 g/mol. The zero-order valence-corrected chi connectivity index (χ0v) is 10.5. The lowest BCUT2D eigenvalue weighted by Gasteiger charge is -2.25. The number of nitriles is 1. The van der Waals surface area contributed by atoms with Crippen LogP contribution in [-0.2, 0) is 14.9 Å². The van der Waals surface area contributed by atoms with Gasteiger partial charge in [-0.25, -0.2) is 13.2 Å².